The molecule has 0 spiro atoms. The lowest BCUT2D eigenvalue weighted by molar-refractivity contribution is 0.526. The zero-order valence-corrected chi connectivity index (χ0v) is 10.2. The van der Waals surface area contributed by atoms with Crippen molar-refractivity contribution in [1.82, 2.24) is 9.97 Å². The van der Waals surface area contributed by atoms with Gasteiger partial charge in [-0.15, -0.1) is 0 Å². The maximum Gasteiger partial charge on any atom is 0.115 e. The molecule has 16 heavy (non-hydrogen) atoms. The summed E-state index contributed by atoms with van der Waals surface area (Å²) in [5, 5.41) is 0. The van der Waals surface area contributed by atoms with Crippen molar-refractivity contribution < 1.29 is 0 Å². The van der Waals surface area contributed by atoms with Gasteiger partial charge < -0.3 is 5.73 Å². The summed E-state index contributed by atoms with van der Waals surface area (Å²) in [6, 6.07) is 0.209. The van der Waals surface area contributed by atoms with Gasteiger partial charge in [0.25, 0.3) is 0 Å². The fourth-order valence-corrected chi connectivity index (χ4v) is 2.50. The number of nitrogens with zero attached hydrogens (tertiary/aromatic N) is 2. The van der Waals surface area contributed by atoms with Crippen molar-refractivity contribution in [2.75, 3.05) is 0 Å². The fourth-order valence-electron chi connectivity index (χ4n) is 2.50. The van der Waals surface area contributed by atoms with Crippen molar-refractivity contribution >= 4 is 0 Å². The van der Waals surface area contributed by atoms with Crippen molar-refractivity contribution in [2.24, 2.45) is 5.73 Å². The van der Waals surface area contributed by atoms with E-state index in [4.69, 9.17) is 5.73 Å². The smallest absolute Gasteiger partial charge is 0.115 e. The minimum absolute atomic E-state index is 0.209. The molecule has 0 bridgehead atoms. The lowest BCUT2D eigenvalue weighted by Crippen LogP contribution is -2.28. The minimum atomic E-state index is 0.209. The molecule has 0 aromatic carbocycles. The van der Waals surface area contributed by atoms with Crippen LogP contribution in [0.5, 0.6) is 0 Å². The minimum Gasteiger partial charge on any atom is -0.327 e. The van der Waals surface area contributed by atoms with Gasteiger partial charge in [-0.3, -0.25) is 0 Å². The highest BCUT2D eigenvalue weighted by Gasteiger charge is 2.22. The molecule has 0 saturated heterocycles. The van der Waals surface area contributed by atoms with Crippen LogP contribution >= 0.6 is 0 Å². The summed E-state index contributed by atoms with van der Waals surface area (Å²) < 4.78 is 0. The van der Waals surface area contributed by atoms with E-state index in [-0.39, 0.29) is 6.04 Å². The molecule has 1 aromatic heterocycles. The summed E-state index contributed by atoms with van der Waals surface area (Å²) in [5.41, 5.74) is 9.95. The first-order valence-corrected chi connectivity index (χ1v) is 6.32. The molecule has 3 nitrogen and oxygen atoms in total. The van der Waals surface area contributed by atoms with Crippen LogP contribution in [0.4, 0.5) is 0 Å². The van der Waals surface area contributed by atoms with E-state index in [9.17, 15) is 0 Å². The SMILES string of the molecule is CCC(N)C(C)c1ncnc2c1CCCC2. The van der Waals surface area contributed by atoms with Crippen molar-refractivity contribution in [3.63, 3.8) is 0 Å². The molecule has 2 unspecified atom stereocenters. The number of rotatable bonds is 3. The molecule has 1 heterocycles. The summed E-state index contributed by atoms with van der Waals surface area (Å²) in [5.74, 6) is 0.347. The lowest BCUT2D eigenvalue weighted by atomic mass is 9.87. The van der Waals surface area contributed by atoms with Gasteiger partial charge in [0, 0.05) is 17.7 Å². The highest BCUT2D eigenvalue weighted by Crippen LogP contribution is 2.27. The van der Waals surface area contributed by atoms with Gasteiger partial charge in [0.15, 0.2) is 0 Å². The maximum atomic E-state index is 6.12. The van der Waals surface area contributed by atoms with Gasteiger partial charge in [0.2, 0.25) is 0 Å². The molecular weight excluding hydrogens is 198 g/mol. The Morgan fingerprint density at radius 3 is 2.81 bits per heavy atom. The number of hydrogen-bond donors (Lipinski definition) is 1. The number of nitrogens with two attached hydrogens (primary N) is 1. The fraction of sp³-hybridized carbons (Fsp3) is 0.692. The third kappa shape index (κ3) is 2.09. The molecule has 0 aliphatic heterocycles. The number of fused-ring (bicyclic) bond motifs is 1. The summed E-state index contributed by atoms with van der Waals surface area (Å²) in [6.07, 6.45) is 7.47. The van der Waals surface area contributed by atoms with E-state index < -0.39 is 0 Å². The first-order valence-electron chi connectivity index (χ1n) is 6.32. The standard InChI is InChI=1S/C13H21N3/c1-3-11(14)9(2)13-10-6-4-5-7-12(10)15-8-16-13/h8-9,11H,3-7,14H2,1-2H3. The molecule has 1 aliphatic carbocycles. The number of hydrogen-bond acceptors (Lipinski definition) is 3. The normalized spacial score (nSPS) is 18.9. The molecule has 88 valence electrons. The van der Waals surface area contributed by atoms with E-state index in [1.807, 2.05) is 0 Å². The molecule has 0 fully saturated rings. The second-order valence-electron chi connectivity index (χ2n) is 4.75. The van der Waals surface area contributed by atoms with Crippen LogP contribution in [0.1, 0.15) is 56.0 Å². The van der Waals surface area contributed by atoms with Gasteiger partial charge in [-0.05, 0) is 37.7 Å². The van der Waals surface area contributed by atoms with E-state index in [1.165, 1.54) is 29.8 Å². The van der Waals surface area contributed by atoms with Gasteiger partial charge in [-0.1, -0.05) is 13.8 Å². The van der Waals surface area contributed by atoms with Gasteiger partial charge in [-0.2, -0.15) is 0 Å². The Bertz CT molecular complexity index is 362. The largest absolute Gasteiger partial charge is 0.327 e. The molecule has 1 aromatic rings. The second-order valence-corrected chi connectivity index (χ2v) is 4.75. The average Bonchev–Trinajstić information content (AvgIpc) is 2.36. The monoisotopic (exact) mass is 219 g/mol. The van der Waals surface area contributed by atoms with E-state index in [0.29, 0.717) is 5.92 Å². The summed E-state index contributed by atoms with van der Waals surface area (Å²) in [7, 11) is 0. The molecule has 0 saturated carbocycles. The van der Waals surface area contributed by atoms with E-state index in [0.717, 1.165) is 19.3 Å². The maximum absolute atomic E-state index is 6.12. The van der Waals surface area contributed by atoms with Crippen LogP contribution in [-0.2, 0) is 12.8 Å². The highest BCUT2D eigenvalue weighted by atomic mass is 14.9. The number of aromatic nitrogens is 2. The first kappa shape index (κ1) is 11.5. The molecule has 2 N–H and O–H groups in total. The van der Waals surface area contributed by atoms with Crippen LogP contribution in [-0.4, -0.2) is 16.0 Å². The Kier molecular flexibility index (Phi) is 3.54. The van der Waals surface area contributed by atoms with Crippen LogP contribution in [0.3, 0.4) is 0 Å². The topological polar surface area (TPSA) is 51.8 Å². The Morgan fingerprint density at radius 1 is 1.31 bits per heavy atom. The second kappa shape index (κ2) is 4.91. The van der Waals surface area contributed by atoms with Crippen molar-refractivity contribution in [2.45, 2.75) is 57.9 Å². The Balaban J connectivity index is 2.33. The molecule has 0 radical (unpaired) electrons. The summed E-state index contributed by atoms with van der Waals surface area (Å²) >= 11 is 0. The zero-order valence-electron chi connectivity index (χ0n) is 10.2. The molecule has 1 aliphatic rings. The Hall–Kier alpha value is -0.960. The summed E-state index contributed by atoms with van der Waals surface area (Å²) in [6.45, 7) is 4.32. The van der Waals surface area contributed by atoms with Crippen molar-refractivity contribution in [3.05, 3.63) is 23.3 Å². The molecule has 2 atom stereocenters. The lowest BCUT2D eigenvalue weighted by Gasteiger charge is -2.24. The van der Waals surface area contributed by atoms with Gasteiger partial charge >= 0.3 is 0 Å². The Morgan fingerprint density at radius 2 is 2.06 bits per heavy atom. The molecular formula is C13H21N3. The van der Waals surface area contributed by atoms with Crippen LogP contribution < -0.4 is 5.73 Å². The number of aryl methyl sites for hydroxylation is 1. The van der Waals surface area contributed by atoms with Crippen LogP contribution in [0.2, 0.25) is 0 Å². The average molecular weight is 219 g/mol. The molecule has 3 heteroatoms. The molecule has 2 rings (SSSR count). The first-order chi connectivity index (χ1) is 7.74. The predicted octanol–water partition coefficient (Wildman–Crippen LogP) is 2.20. The third-order valence-corrected chi connectivity index (χ3v) is 3.70. The quantitative estimate of drug-likeness (QED) is 0.848. The van der Waals surface area contributed by atoms with Crippen LogP contribution in [0.15, 0.2) is 6.33 Å². The van der Waals surface area contributed by atoms with E-state index >= 15 is 0 Å². The third-order valence-electron chi connectivity index (χ3n) is 3.70. The van der Waals surface area contributed by atoms with Crippen molar-refractivity contribution in [3.8, 4) is 0 Å². The zero-order chi connectivity index (χ0) is 11.5. The van der Waals surface area contributed by atoms with E-state index in [1.54, 1.807) is 6.33 Å². The van der Waals surface area contributed by atoms with Crippen LogP contribution in [0, 0.1) is 0 Å². The van der Waals surface area contributed by atoms with Crippen LogP contribution in [0.25, 0.3) is 0 Å². The van der Waals surface area contributed by atoms with Crippen molar-refractivity contribution in [1.29, 1.82) is 0 Å². The molecule has 0 amide bonds. The summed E-state index contributed by atoms with van der Waals surface area (Å²) in [4.78, 5) is 8.87. The van der Waals surface area contributed by atoms with E-state index in [2.05, 4.69) is 23.8 Å². The van der Waals surface area contributed by atoms with Gasteiger partial charge in [-0.25, -0.2) is 9.97 Å². The Labute approximate surface area is 97.5 Å². The van der Waals surface area contributed by atoms with Gasteiger partial charge in [0.05, 0.1) is 5.69 Å². The van der Waals surface area contributed by atoms with Gasteiger partial charge in [0.1, 0.15) is 6.33 Å². The highest BCUT2D eigenvalue weighted by molar-refractivity contribution is 5.30. The predicted molar refractivity (Wildman–Crippen MR) is 65.4 cm³/mol.